The van der Waals surface area contributed by atoms with Gasteiger partial charge in [-0.05, 0) is 65.2 Å². The SMILES string of the molecule is COc1ccc(C2CC(c3ccc(N(C)C)cc3)=NN2c2ccc(S(=O)(=O)NC(=O)NCc3ccccc3)cc2)cc1OC. The summed E-state index contributed by atoms with van der Waals surface area (Å²) in [6, 6.07) is 28.5. The van der Waals surface area contributed by atoms with E-state index in [0.29, 0.717) is 23.6 Å². The minimum atomic E-state index is -4.10. The van der Waals surface area contributed by atoms with Crippen LogP contribution in [0.1, 0.15) is 29.2 Å². The van der Waals surface area contributed by atoms with E-state index in [1.54, 1.807) is 26.4 Å². The molecule has 4 aromatic rings. The lowest BCUT2D eigenvalue weighted by Crippen LogP contribution is -2.39. The minimum Gasteiger partial charge on any atom is -0.493 e. The Labute approximate surface area is 258 Å². The quantitative estimate of drug-likeness (QED) is 0.249. The first kappa shape index (κ1) is 30.4. The van der Waals surface area contributed by atoms with E-state index in [2.05, 4.69) is 22.2 Å². The van der Waals surface area contributed by atoms with Crippen LogP contribution in [0, 0.1) is 0 Å². The molecule has 4 aromatic carbocycles. The third-order valence-corrected chi connectivity index (χ3v) is 8.70. The number of methoxy groups -OCH3 is 2. The number of hydrogen-bond donors (Lipinski definition) is 2. The largest absolute Gasteiger partial charge is 0.493 e. The number of carbonyl (C=O) groups is 1. The van der Waals surface area contributed by atoms with Crippen LogP contribution in [0.3, 0.4) is 0 Å². The zero-order valence-corrected chi connectivity index (χ0v) is 25.8. The van der Waals surface area contributed by atoms with Gasteiger partial charge in [0.05, 0.1) is 36.6 Å². The number of sulfonamides is 1. The fourth-order valence-corrected chi connectivity index (χ4v) is 5.90. The van der Waals surface area contributed by atoms with Crippen LogP contribution in [0.15, 0.2) is 107 Å². The van der Waals surface area contributed by atoms with Gasteiger partial charge in [-0.2, -0.15) is 5.10 Å². The Morgan fingerprint density at radius 2 is 1.59 bits per heavy atom. The van der Waals surface area contributed by atoms with Crippen LogP contribution in [0.4, 0.5) is 16.2 Å². The highest BCUT2D eigenvalue weighted by atomic mass is 32.2. The van der Waals surface area contributed by atoms with Crippen LogP contribution < -0.4 is 29.4 Å². The maximum absolute atomic E-state index is 13.0. The highest BCUT2D eigenvalue weighted by Gasteiger charge is 2.31. The summed E-state index contributed by atoms with van der Waals surface area (Å²) in [4.78, 5) is 14.4. The second kappa shape index (κ2) is 13.1. The maximum Gasteiger partial charge on any atom is 0.328 e. The van der Waals surface area contributed by atoms with Gasteiger partial charge >= 0.3 is 6.03 Å². The van der Waals surface area contributed by atoms with Gasteiger partial charge in [-0.15, -0.1) is 0 Å². The number of nitrogens with zero attached hydrogens (tertiary/aromatic N) is 3. The van der Waals surface area contributed by atoms with Gasteiger partial charge in [-0.3, -0.25) is 5.01 Å². The monoisotopic (exact) mass is 613 g/mol. The van der Waals surface area contributed by atoms with Crippen molar-refractivity contribution in [1.29, 1.82) is 0 Å². The van der Waals surface area contributed by atoms with Crippen molar-refractivity contribution in [2.45, 2.75) is 23.9 Å². The molecule has 0 fully saturated rings. The number of hydrazone groups is 1. The predicted molar refractivity (Wildman–Crippen MR) is 172 cm³/mol. The number of hydrogen-bond acceptors (Lipinski definition) is 8. The Morgan fingerprint density at radius 1 is 0.909 bits per heavy atom. The summed E-state index contributed by atoms with van der Waals surface area (Å²) >= 11 is 0. The Morgan fingerprint density at radius 3 is 2.23 bits per heavy atom. The Bertz CT molecular complexity index is 1740. The summed E-state index contributed by atoms with van der Waals surface area (Å²) in [5, 5.41) is 9.44. The number of urea groups is 1. The molecule has 2 N–H and O–H groups in total. The van der Waals surface area contributed by atoms with Gasteiger partial charge in [0.1, 0.15) is 0 Å². The van der Waals surface area contributed by atoms with E-state index in [4.69, 9.17) is 14.6 Å². The van der Waals surface area contributed by atoms with Gasteiger partial charge in [0.25, 0.3) is 10.0 Å². The van der Waals surface area contributed by atoms with Crippen LogP contribution in [0.2, 0.25) is 0 Å². The van der Waals surface area contributed by atoms with Crippen LogP contribution in [0.5, 0.6) is 11.5 Å². The number of benzene rings is 4. The standard InChI is InChI=1S/C33H35N5O5S/c1-37(2)26-13-10-24(11-14-26)29-21-30(25-12-19-31(42-3)32(20-25)43-4)38(35-29)27-15-17-28(18-16-27)44(40,41)36-33(39)34-22-23-8-6-5-7-9-23/h5-20,30H,21-22H2,1-4H3,(H2,34,36,39). The number of rotatable bonds is 10. The topological polar surface area (TPSA) is 113 Å². The average molecular weight is 614 g/mol. The zero-order valence-electron chi connectivity index (χ0n) is 25.0. The van der Waals surface area contributed by atoms with Crippen molar-refractivity contribution in [3.05, 3.63) is 114 Å². The molecule has 1 unspecified atom stereocenters. The van der Waals surface area contributed by atoms with Crippen molar-refractivity contribution in [2.75, 3.05) is 38.2 Å². The van der Waals surface area contributed by atoms with Crippen LogP contribution in [0.25, 0.3) is 0 Å². The van der Waals surface area contributed by atoms with Crippen LogP contribution in [-0.4, -0.2) is 48.5 Å². The smallest absolute Gasteiger partial charge is 0.328 e. The molecule has 1 aliphatic heterocycles. The Balaban J connectivity index is 1.40. The number of nitrogens with one attached hydrogen (secondary N) is 2. The first-order valence-corrected chi connectivity index (χ1v) is 15.5. The van der Waals surface area contributed by atoms with Crippen molar-refractivity contribution < 1.29 is 22.7 Å². The van der Waals surface area contributed by atoms with Gasteiger partial charge in [-0.25, -0.2) is 17.9 Å². The third kappa shape index (κ3) is 6.78. The van der Waals surface area contributed by atoms with Crippen molar-refractivity contribution >= 4 is 33.1 Å². The lowest BCUT2D eigenvalue weighted by molar-refractivity contribution is 0.245. The van der Waals surface area contributed by atoms with Gasteiger partial charge in [0, 0.05) is 32.7 Å². The molecule has 0 radical (unpaired) electrons. The summed E-state index contributed by atoms with van der Waals surface area (Å²) < 4.78 is 39.0. The molecule has 2 amide bonds. The van der Waals surface area contributed by atoms with Crippen molar-refractivity contribution in [1.82, 2.24) is 10.0 Å². The molecular formula is C33H35N5O5S. The van der Waals surface area contributed by atoms with Gasteiger partial charge < -0.3 is 19.7 Å². The molecule has 0 spiro atoms. The molecule has 11 heteroatoms. The Hall–Kier alpha value is -5.03. The second-order valence-corrected chi connectivity index (χ2v) is 12.1. The van der Waals surface area contributed by atoms with E-state index in [0.717, 1.165) is 28.1 Å². The van der Waals surface area contributed by atoms with E-state index in [1.165, 1.54) is 12.1 Å². The molecular weight excluding hydrogens is 578 g/mol. The fourth-order valence-electron chi connectivity index (χ4n) is 4.97. The number of carbonyl (C=O) groups excluding carboxylic acids is 1. The first-order valence-electron chi connectivity index (χ1n) is 14.0. The molecule has 1 aliphatic rings. The summed E-state index contributed by atoms with van der Waals surface area (Å²) in [7, 11) is 3.07. The van der Waals surface area contributed by atoms with Crippen molar-refractivity contribution in [3.8, 4) is 11.5 Å². The molecule has 1 heterocycles. The second-order valence-electron chi connectivity index (χ2n) is 10.4. The summed E-state index contributed by atoms with van der Waals surface area (Å²) in [5.74, 6) is 1.22. The molecule has 5 rings (SSSR count). The normalized spacial score (nSPS) is 14.5. The molecule has 10 nitrogen and oxygen atoms in total. The van der Waals surface area contributed by atoms with Crippen LogP contribution >= 0.6 is 0 Å². The summed E-state index contributed by atoms with van der Waals surface area (Å²) in [6.45, 7) is 0.200. The van der Waals surface area contributed by atoms with Crippen molar-refractivity contribution in [2.24, 2.45) is 5.10 Å². The lowest BCUT2D eigenvalue weighted by Gasteiger charge is -2.25. The molecule has 1 atom stereocenters. The zero-order chi connectivity index (χ0) is 31.3. The molecule has 228 valence electrons. The van der Waals surface area contributed by atoms with Gasteiger partial charge in [0.2, 0.25) is 0 Å². The Kier molecular flexibility index (Phi) is 9.05. The van der Waals surface area contributed by atoms with Crippen LogP contribution in [-0.2, 0) is 16.6 Å². The summed E-state index contributed by atoms with van der Waals surface area (Å²) in [5.41, 5.74) is 5.47. The highest BCUT2D eigenvalue weighted by molar-refractivity contribution is 7.90. The number of amides is 2. The molecule has 44 heavy (non-hydrogen) atoms. The lowest BCUT2D eigenvalue weighted by atomic mass is 9.97. The van der Waals surface area contributed by atoms with Gasteiger partial charge in [-0.1, -0.05) is 48.5 Å². The highest BCUT2D eigenvalue weighted by Crippen LogP contribution is 2.40. The van der Waals surface area contributed by atoms with E-state index < -0.39 is 16.1 Å². The van der Waals surface area contributed by atoms with Crippen molar-refractivity contribution in [3.63, 3.8) is 0 Å². The average Bonchev–Trinajstić information content (AvgIpc) is 3.49. The molecule has 0 saturated carbocycles. The molecule has 0 saturated heterocycles. The van der Waals surface area contributed by atoms with E-state index in [9.17, 15) is 13.2 Å². The molecule has 0 aromatic heterocycles. The number of ether oxygens (including phenoxy) is 2. The molecule has 0 bridgehead atoms. The fraction of sp³-hybridized carbons (Fsp3) is 0.212. The van der Waals surface area contributed by atoms with E-state index in [1.807, 2.05) is 84.7 Å². The third-order valence-electron chi connectivity index (χ3n) is 7.35. The predicted octanol–water partition coefficient (Wildman–Crippen LogP) is 5.31. The van der Waals surface area contributed by atoms with Gasteiger partial charge in [0.15, 0.2) is 11.5 Å². The minimum absolute atomic E-state index is 0.0403. The maximum atomic E-state index is 13.0. The number of anilines is 2. The van der Waals surface area contributed by atoms with E-state index >= 15 is 0 Å². The first-order chi connectivity index (χ1) is 21.2. The molecule has 0 aliphatic carbocycles. The van der Waals surface area contributed by atoms with E-state index in [-0.39, 0.29) is 17.5 Å². The summed E-state index contributed by atoms with van der Waals surface area (Å²) in [6.07, 6.45) is 0.611.